The third-order valence-electron chi connectivity index (χ3n) is 2.01. The molecule has 5 heteroatoms. The number of nitrogens with two attached hydrogens (primary N) is 1. The van der Waals surface area contributed by atoms with Gasteiger partial charge >= 0.3 is 6.03 Å². The predicted octanol–water partition coefficient (Wildman–Crippen LogP) is 1.34. The van der Waals surface area contributed by atoms with Crippen LogP contribution in [0.25, 0.3) is 0 Å². The molecule has 0 saturated carbocycles. The Morgan fingerprint density at radius 3 is 2.73 bits per heavy atom. The first kappa shape index (κ1) is 11.3. The number of carbonyl (C=O) groups excluding carboxylic acids is 1. The summed E-state index contributed by atoms with van der Waals surface area (Å²) in [5.41, 5.74) is 5.71. The van der Waals surface area contributed by atoms with Gasteiger partial charge < -0.3 is 15.4 Å². The van der Waals surface area contributed by atoms with Crippen LogP contribution in [0.3, 0.4) is 0 Å². The number of methoxy groups -OCH3 is 1. The molecule has 2 N–H and O–H groups in total. The summed E-state index contributed by atoms with van der Waals surface area (Å²) in [6.45, 7) is 0.274. The lowest BCUT2D eigenvalue weighted by Gasteiger charge is -2.14. The summed E-state index contributed by atoms with van der Waals surface area (Å²) >= 11 is 0. The van der Waals surface area contributed by atoms with E-state index in [1.807, 2.05) is 0 Å². The molecule has 0 radical (unpaired) electrons. The average Bonchev–Trinajstić information content (AvgIpc) is 2.18. The molecule has 0 aliphatic rings. The van der Waals surface area contributed by atoms with Crippen molar-refractivity contribution in [2.45, 2.75) is 6.54 Å². The molecular formula is C10H13FN2O2. The Morgan fingerprint density at radius 2 is 2.27 bits per heavy atom. The van der Waals surface area contributed by atoms with Gasteiger partial charge in [-0.1, -0.05) is 6.07 Å². The number of halogens is 1. The molecule has 0 atom stereocenters. The van der Waals surface area contributed by atoms with Crippen LogP contribution >= 0.6 is 0 Å². The maximum atomic E-state index is 13.2. The minimum Gasteiger partial charge on any atom is -0.494 e. The molecule has 0 saturated heterocycles. The van der Waals surface area contributed by atoms with Crippen LogP contribution in [0.4, 0.5) is 9.18 Å². The fourth-order valence-corrected chi connectivity index (χ4v) is 1.16. The molecule has 0 aromatic heterocycles. The fourth-order valence-electron chi connectivity index (χ4n) is 1.16. The highest BCUT2D eigenvalue weighted by Gasteiger charge is 2.07. The summed E-state index contributed by atoms with van der Waals surface area (Å²) in [4.78, 5) is 12.0. The molecule has 15 heavy (non-hydrogen) atoms. The quantitative estimate of drug-likeness (QED) is 0.822. The number of hydrogen-bond acceptors (Lipinski definition) is 2. The Hall–Kier alpha value is -1.78. The molecule has 4 nitrogen and oxygen atoms in total. The van der Waals surface area contributed by atoms with E-state index in [4.69, 9.17) is 10.5 Å². The van der Waals surface area contributed by atoms with Gasteiger partial charge in [0.15, 0.2) is 11.6 Å². The second-order valence-corrected chi connectivity index (χ2v) is 3.16. The maximum Gasteiger partial charge on any atom is 0.314 e. The topological polar surface area (TPSA) is 55.6 Å². The summed E-state index contributed by atoms with van der Waals surface area (Å²) < 4.78 is 18.0. The highest BCUT2D eigenvalue weighted by atomic mass is 19.1. The highest BCUT2D eigenvalue weighted by Crippen LogP contribution is 2.18. The van der Waals surface area contributed by atoms with Crippen LogP contribution in [-0.2, 0) is 6.54 Å². The summed E-state index contributed by atoms with van der Waals surface area (Å²) in [6.07, 6.45) is 0. The Morgan fingerprint density at radius 1 is 1.60 bits per heavy atom. The van der Waals surface area contributed by atoms with Crippen molar-refractivity contribution in [2.24, 2.45) is 5.73 Å². The van der Waals surface area contributed by atoms with E-state index in [1.54, 1.807) is 13.1 Å². The van der Waals surface area contributed by atoms with Crippen LogP contribution in [-0.4, -0.2) is 25.1 Å². The van der Waals surface area contributed by atoms with E-state index in [0.29, 0.717) is 5.56 Å². The molecular weight excluding hydrogens is 199 g/mol. The zero-order valence-electron chi connectivity index (χ0n) is 8.66. The number of rotatable bonds is 3. The maximum absolute atomic E-state index is 13.2. The lowest BCUT2D eigenvalue weighted by atomic mass is 10.2. The van der Waals surface area contributed by atoms with Gasteiger partial charge in [0.2, 0.25) is 0 Å². The van der Waals surface area contributed by atoms with Crippen molar-refractivity contribution in [2.75, 3.05) is 14.2 Å². The Balaban J connectivity index is 2.79. The van der Waals surface area contributed by atoms with Crippen molar-refractivity contribution in [3.05, 3.63) is 29.6 Å². The Bertz CT molecular complexity index is 368. The molecule has 0 aliphatic carbocycles. The van der Waals surface area contributed by atoms with E-state index in [-0.39, 0.29) is 12.3 Å². The number of benzene rings is 1. The molecule has 82 valence electrons. The van der Waals surface area contributed by atoms with Crippen molar-refractivity contribution in [1.29, 1.82) is 0 Å². The van der Waals surface area contributed by atoms with Gasteiger partial charge in [0, 0.05) is 13.6 Å². The molecule has 1 aromatic carbocycles. The standard InChI is InChI=1S/C10H13FN2O2/c1-13(10(12)14)6-7-3-4-9(15-2)8(11)5-7/h3-5H,6H2,1-2H3,(H2,12,14). The van der Waals surface area contributed by atoms with Crippen LogP contribution in [0.5, 0.6) is 5.75 Å². The molecule has 0 bridgehead atoms. The van der Waals surface area contributed by atoms with Crippen molar-refractivity contribution >= 4 is 6.03 Å². The van der Waals surface area contributed by atoms with Gasteiger partial charge in [-0.2, -0.15) is 0 Å². The fraction of sp³-hybridized carbons (Fsp3) is 0.300. The third kappa shape index (κ3) is 2.83. The number of ether oxygens (including phenoxy) is 1. The zero-order chi connectivity index (χ0) is 11.4. The van der Waals surface area contributed by atoms with Crippen molar-refractivity contribution < 1.29 is 13.9 Å². The van der Waals surface area contributed by atoms with E-state index in [0.717, 1.165) is 0 Å². The first-order valence-electron chi connectivity index (χ1n) is 4.37. The molecule has 0 spiro atoms. The normalized spacial score (nSPS) is 9.80. The van der Waals surface area contributed by atoms with Crippen LogP contribution < -0.4 is 10.5 Å². The first-order valence-corrected chi connectivity index (χ1v) is 4.37. The molecule has 0 aliphatic heterocycles. The Kier molecular flexibility index (Phi) is 3.49. The smallest absolute Gasteiger partial charge is 0.314 e. The van der Waals surface area contributed by atoms with E-state index >= 15 is 0 Å². The SMILES string of the molecule is COc1ccc(CN(C)C(N)=O)cc1F. The molecule has 2 amide bonds. The number of primary amides is 1. The van der Waals surface area contributed by atoms with Crippen molar-refractivity contribution in [3.63, 3.8) is 0 Å². The largest absolute Gasteiger partial charge is 0.494 e. The van der Waals surface area contributed by atoms with E-state index in [9.17, 15) is 9.18 Å². The van der Waals surface area contributed by atoms with E-state index in [2.05, 4.69) is 0 Å². The summed E-state index contributed by atoms with van der Waals surface area (Å²) in [7, 11) is 2.94. The van der Waals surface area contributed by atoms with E-state index < -0.39 is 11.8 Å². The summed E-state index contributed by atoms with van der Waals surface area (Å²) in [5, 5.41) is 0. The zero-order valence-corrected chi connectivity index (χ0v) is 8.66. The lowest BCUT2D eigenvalue weighted by molar-refractivity contribution is 0.216. The van der Waals surface area contributed by atoms with Crippen molar-refractivity contribution in [1.82, 2.24) is 4.90 Å². The van der Waals surface area contributed by atoms with Gasteiger partial charge in [-0.25, -0.2) is 9.18 Å². The van der Waals surface area contributed by atoms with Gasteiger partial charge in [-0.05, 0) is 17.7 Å². The molecule has 1 rings (SSSR count). The van der Waals surface area contributed by atoms with Crippen molar-refractivity contribution in [3.8, 4) is 5.75 Å². The van der Waals surface area contributed by atoms with Crippen LogP contribution in [0.1, 0.15) is 5.56 Å². The number of carbonyl (C=O) groups is 1. The summed E-state index contributed by atoms with van der Waals surface area (Å²) in [6, 6.07) is 3.96. The van der Waals surface area contributed by atoms with Gasteiger partial charge in [-0.15, -0.1) is 0 Å². The Labute approximate surface area is 87.4 Å². The number of amides is 2. The first-order chi connectivity index (χ1) is 7.04. The minimum absolute atomic E-state index is 0.181. The van der Waals surface area contributed by atoms with Gasteiger partial charge in [0.25, 0.3) is 0 Å². The molecule has 1 aromatic rings. The van der Waals surface area contributed by atoms with Crippen LogP contribution in [0.2, 0.25) is 0 Å². The molecule has 0 unspecified atom stereocenters. The van der Waals surface area contributed by atoms with Gasteiger partial charge in [0.1, 0.15) is 0 Å². The third-order valence-corrected chi connectivity index (χ3v) is 2.01. The molecule has 0 heterocycles. The highest BCUT2D eigenvalue weighted by molar-refractivity contribution is 5.71. The van der Waals surface area contributed by atoms with Crippen LogP contribution in [0.15, 0.2) is 18.2 Å². The average molecular weight is 212 g/mol. The summed E-state index contributed by atoms with van der Waals surface area (Å²) in [5.74, 6) is -0.270. The van der Waals surface area contributed by atoms with Crippen LogP contribution in [0, 0.1) is 5.82 Å². The predicted molar refractivity (Wildman–Crippen MR) is 54.0 cm³/mol. The second kappa shape index (κ2) is 4.63. The molecule has 0 fully saturated rings. The number of hydrogen-bond donors (Lipinski definition) is 1. The number of nitrogens with zero attached hydrogens (tertiary/aromatic N) is 1. The van der Waals surface area contributed by atoms with Gasteiger partial charge in [0.05, 0.1) is 7.11 Å². The number of urea groups is 1. The van der Waals surface area contributed by atoms with Gasteiger partial charge in [-0.3, -0.25) is 0 Å². The minimum atomic E-state index is -0.550. The second-order valence-electron chi connectivity index (χ2n) is 3.16. The van der Waals surface area contributed by atoms with E-state index in [1.165, 1.54) is 24.1 Å². The lowest BCUT2D eigenvalue weighted by Crippen LogP contribution is -2.31. The monoisotopic (exact) mass is 212 g/mol.